The number of hydrogen-bond donors (Lipinski definition) is 1. The first-order chi connectivity index (χ1) is 10.2. The number of ether oxygens (including phenoxy) is 1. The quantitative estimate of drug-likeness (QED) is 0.634. The van der Waals surface area contributed by atoms with E-state index in [2.05, 4.69) is 55.6 Å². The van der Waals surface area contributed by atoms with E-state index in [1.54, 1.807) is 0 Å². The van der Waals surface area contributed by atoms with Crippen molar-refractivity contribution >= 4 is 11.8 Å². The van der Waals surface area contributed by atoms with E-state index in [0.29, 0.717) is 6.04 Å². The SMILES string of the molecule is CCCNCc1ccccc1OCCN(C)C(C)CSC. The number of benzene rings is 1. The van der Waals surface area contributed by atoms with Gasteiger partial charge in [0.1, 0.15) is 12.4 Å². The van der Waals surface area contributed by atoms with Gasteiger partial charge in [-0.05, 0) is 39.3 Å². The average Bonchev–Trinajstić information content (AvgIpc) is 2.49. The Balaban J connectivity index is 2.40. The second kappa shape index (κ2) is 10.9. The minimum absolute atomic E-state index is 0.588. The Kier molecular flexibility index (Phi) is 9.55. The molecule has 0 aliphatic heterocycles. The van der Waals surface area contributed by atoms with Crippen molar-refractivity contribution < 1.29 is 4.74 Å². The Morgan fingerprint density at radius 3 is 2.81 bits per heavy atom. The lowest BCUT2D eigenvalue weighted by molar-refractivity contribution is 0.209. The molecular weight excluding hydrogens is 280 g/mol. The molecule has 1 aromatic carbocycles. The maximum atomic E-state index is 5.98. The molecule has 0 amide bonds. The van der Waals surface area contributed by atoms with Crippen LogP contribution in [-0.4, -0.2) is 49.7 Å². The van der Waals surface area contributed by atoms with Crippen LogP contribution in [-0.2, 0) is 6.54 Å². The minimum atomic E-state index is 0.588. The number of nitrogens with one attached hydrogen (secondary N) is 1. The Morgan fingerprint density at radius 1 is 1.33 bits per heavy atom. The van der Waals surface area contributed by atoms with Crippen molar-refractivity contribution in [3.05, 3.63) is 29.8 Å². The highest BCUT2D eigenvalue weighted by molar-refractivity contribution is 7.98. The third-order valence-electron chi connectivity index (χ3n) is 3.58. The summed E-state index contributed by atoms with van der Waals surface area (Å²) in [4.78, 5) is 2.36. The van der Waals surface area contributed by atoms with Crippen LogP contribution in [0.4, 0.5) is 0 Å². The molecule has 0 saturated carbocycles. The molecule has 1 N–H and O–H groups in total. The Bertz CT molecular complexity index is 387. The second-order valence-corrected chi connectivity index (χ2v) is 6.33. The molecule has 0 aliphatic carbocycles. The first kappa shape index (κ1) is 18.3. The summed E-state index contributed by atoms with van der Waals surface area (Å²) in [5.74, 6) is 2.17. The molecular formula is C17H30N2OS. The summed E-state index contributed by atoms with van der Waals surface area (Å²) in [7, 11) is 2.17. The van der Waals surface area contributed by atoms with Crippen LogP contribution < -0.4 is 10.1 Å². The van der Waals surface area contributed by atoms with E-state index in [0.717, 1.165) is 44.2 Å². The van der Waals surface area contributed by atoms with Crippen molar-refractivity contribution in [3.63, 3.8) is 0 Å². The molecule has 0 saturated heterocycles. The number of nitrogens with zero attached hydrogens (tertiary/aromatic N) is 1. The highest BCUT2D eigenvalue weighted by atomic mass is 32.2. The van der Waals surface area contributed by atoms with Crippen molar-refractivity contribution in [1.29, 1.82) is 0 Å². The number of thioether (sulfide) groups is 1. The van der Waals surface area contributed by atoms with Gasteiger partial charge in [0.2, 0.25) is 0 Å². The van der Waals surface area contributed by atoms with Gasteiger partial charge in [-0.2, -0.15) is 11.8 Å². The summed E-state index contributed by atoms with van der Waals surface area (Å²) in [5.41, 5.74) is 1.24. The molecule has 1 unspecified atom stereocenters. The van der Waals surface area contributed by atoms with Crippen LogP contribution in [0.5, 0.6) is 5.75 Å². The van der Waals surface area contributed by atoms with E-state index >= 15 is 0 Å². The van der Waals surface area contributed by atoms with E-state index in [9.17, 15) is 0 Å². The molecule has 0 bridgehead atoms. The fourth-order valence-corrected chi connectivity index (χ4v) is 2.82. The van der Waals surface area contributed by atoms with E-state index in [-0.39, 0.29) is 0 Å². The van der Waals surface area contributed by atoms with Crippen LogP contribution in [0.25, 0.3) is 0 Å². The van der Waals surface area contributed by atoms with Gasteiger partial charge in [-0.3, -0.25) is 4.90 Å². The van der Waals surface area contributed by atoms with Crippen molar-refractivity contribution in [2.75, 3.05) is 38.8 Å². The lowest BCUT2D eigenvalue weighted by atomic mass is 10.2. The zero-order valence-corrected chi connectivity index (χ0v) is 14.7. The Labute approximate surface area is 134 Å². The zero-order chi connectivity index (χ0) is 15.5. The van der Waals surface area contributed by atoms with Crippen LogP contribution in [0.1, 0.15) is 25.8 Å². The van der Waals surface area contributed by atoms with Gasteiger partial charge in [0.05, 0.1) is 0 Å². The van der Waals surface area contributed by atoms with Gasteiger partial charge in [-0.25, -0.2) is 0 Å². The van der Waals surface area contributed by atoms with Crippen LogP contribution in [0.15, 0.2) is 24.3 Å². The van der Waals surface area contributed by atoms with E-state index in [4.69, 9.17) is 4.74 Å². The molecule has 120 valence electrons. The van der Waals surface area contributed by atoms with Gasteiger partial charge in [0.15, 0.2) is 0 Å². The molecule has 1 atom stereocenters. The molecule has 4 heteroatoms. The maximum Gasteiger partial charge on any atom is 0.123 e. The molecule has 0 heterocycles. The van der Waals surface area contributed by atoms with E-state index in [1.165, 1.54) is 5.56 Å². The van der Waals surface area contributed by atoms with Crippen molar-refractivity contribution in [2.24, 2.45) is 0 Å². The number of hydrogen-bond acceptors (Lipinski definition) is 4. The summed E-state index contributed by atoms with van der Waals surface area (Å²) < 4.78 is 5.98. The van der Waals surface area contributed by atoms with Crippen LogP contribution >= 0.6 is 11.8 Å². The fraction of sp³-hybridized carbons (Fsp3) is 0.647. The average molecular weight is 311 g/mol. The van der Waals surface area contributed by atoms with Gasteiger partial charge < -0.3 is 10.1 Å². The Morgan fingerprint density at radius 2 is 2.10 bits per heavy atom. The lowest BCUT2D eigenvalue weighted by Crippen LogP contribution is -2.34. The van der Waals surface area contributed by atoms with Gasteiger partial charge in [-0.15, -0.1) is 0 Å². The van der Waals surface area contributed by atoms with Crippen molar-refractivity contribution in [2.45, 2.75) is 32.9 Å². The predicted octanol–water partition coefficient (Wildman–Crippen LogP) is 3.25. The van der Waals surface area contributed by atoms with Crippen LogP contribution in [0.3, 0.4) is 0 Å². The fourth-order valence-electron chi connectivity index (χ4n) is 2.08. The van der Waals surface area contributed by atoms with E-state index < -0.39 is 0 Å². The van der Waals surface area contributed by atoms with E-state index in [1.807, 2.05) is 17.8 Å². The maximum absolute atomic E-state index is 5.98. The summed E-state index contributed by atoms with van der Waals surface area (Å²) in [6.45, 7) is 8.06. The first-order valence-electron chi connectivity index (χ1n) is 7.79. The van der Waals surface area contributed by atoms with Crippen LogP contribution in [0.2, 0.25) is 0 Å². The molecule has 0 aliphatic rings. The second-order valence-electron chi connectivity index (χ2n) is 5.42. The molecule has 3 nitrogen and oxygen atoms in total. The normalized spacial score (nSPS) is 12.6. The summed E-state index contributed by atoms with van der Waals surface area (Å²) in [6, 6.07) is 8.90. The topological polar surface area (TPSA) is 24.5 Å². The van der Waals surface area contributed by atoms with Gasteiger partial charge in [0.25, 0.3) is 0 Å². The summed E-state index contributed by atoms with van der Waals surface area (Å²) in [6.07, 6.45) is 3.31. The molecule has 0 aromatic heterocycles. The number of likely N-dealkylation sites (N-methyl/N-ethyl adjacent to an activating group) is 1. The largest absolute Gasteiger partial charge is 0.492 e. The minimum Gasteiger partial charge on any atom is -0.492 e. The van der Waals surface area contributed by atoms with Crippen LogP contribution in [0, 0.1) is 0 Å². The number of rotatable bonds is 11. The molecule has 0 fully saturated rings. The summed E-state index contributed by atoms with van der Waals surface area (Å²) >= 11 is 1.89. The monoisotopic (exact) mass is 310 g/mol. The molecule has 1 aromatic rings. The smallest absolute Gasteiger partial charge is 0.123 e. The third kappa shape index (κ3) is 7.21. The van der Waals surface area contributed by atoms with Gasteiger partial charge >= 0.3 is 0 Å². The Hall–Kier alpha value is -0.710. The van der Waals surface area contributed by atoms with Crippen molar-refractivity contribution in [3.8, 4) is 5.75 Å². The van der Waals surface area contributed by atoms with Gasteiger partial charge in [-0.1, -0.05) is 25.1 Å². The van der Waals surface area contributed by atoms with Gasteiger partial charge in [0, 0.05) is 30.4 Å². The standard InChI is InChI=1S/C17H30N2OS/c1-5-10-18-13-16-8-6-7-9-17(16)20-12-11-19(3)15(2)14-21-4/h6-9,15,18H,5,10-14H2,1-4H3. The first-order valence-corrected chi connectivity index (χ1v) is 9.19. The lowest BCUT2D eigenvalue weighted by Gasteiger charge is -2.24. The number of para-hydroxylation sites is 1. The molecule has 0 radical (unpaired) electrons. The molecule has 1 rings (SSSR count). The molecule has 21 heavy (non-hydrogen) atoms. The third-order valence-corrected chi connectivity index (χ3v) is 4.39. The highest BCUT2D eigenvalue weighted by Crippen LogP contribution is 2.17. The zero-order valence-electron chi connectivity index (χ0n) is 13.9. The predicted molar refractivity (Wildman–Crippen MR) is 94.4 cm³/mol. The molecule has 0 spiro atoms. The highest BCUT2D eigenvalue weighted by Gasteiger charge is 2.09. The van der Waals surface area contributed by atoms with Crippen molar-refractivity contribution in [1.82, 2.24) is 10.2 Å². The summed E-state index contributed by atoms with van der Waals surface area (Å²) in [5, 5.41) is 3.43.